The minimum atomic E-state index is -0.637. The molecule has 0 aliphatic heterocycles. The van der Waals surface area contributed by atoms with Crippen LogP contribution in [-0.4, -0.2) is 46.1 Å². The zero-order valence-electron chi connectivity index (χ0n) is 21.9. The zero-order chi connectivity index (χ0) is 27.0. The van der Waals surface area contributed by atoms with Crippen molar-refractivity contribution in [1.29, 1.82) is 0 Å². The van der Waals surface area contributed by atoms with E-state index >= 15 is 0 Å². The molecule has 0 atom stereocenters. The van der Waals surface area contributed by atoms with Crippen LogP contribution in [-0.2, 0) is 29.9 Å². The first-order chi connectivity index (χ1) is 19.0. The Bertz CT molecular complexity index is 1380. The van der Waals surface area contributed by atoms with Crippen LogP contribution in [0.4, 0.5) is 0 Å². The number of nitrogens with zero attached hydrogens (tertiary/aromatic N) is 4. The Labute approximate surface area is 226 Å². The first kappa shape index (κ1) is 24.9. The molecule has 39 heavy (non-hydrogen) atoms. The summed E-state index contributed by atoms with van der Waals surface area (Å²) in [5.41, 5.74) is 6.06. The van der Waals surface area contributed by atoms with E-state index in [-0.39, 0.29) is 24.8 Å². The Hall–Kier alpha value is -4.46. The maximum absolute atomic E-state index is 12.6. The molecule has 8 nitrogen and oxygen atoms in total. The zero-order valence-corrected chi connectivity index (χ0v) is 21.9. The van der Waals surface area contributed by atoms with Crippen molar-refractivity contribution in [3.05, 3.63) is 95.6 Å². The molecule has 0 radical (unpaired) electrons. The molecule has 0 saturated heterocycles. The lowest BCUT2D eigenvalue weighted by Gasteiger charge is -2.42. The van der Waals surface area contributed by atoms with E-state index < -0.39 is 10.8 Å². The summed E-state index contributed by atoms with van der Waals surface area (Å²) >= 11 is 0. The lowest BCUT2D eigenvalue weighted by molar-refractivity contribution is -0.141. The highest BCUT2D eigenvalue weighted by atomic mass is 16.5. The second kappa shape index (κ2) is 9.69. The van der Waals surface area contributed by atoms with Gasteiger partial charge in [-0.25, -0.2) is 0 Å². The normalized spacial score (nSPS) is 15.0. The van der Waals surface area contributed by atoms with E-state index in [9.17, 15) is 9.59 Å². The Kier molecular flexibility index (Phi) is 6.17. The van der Waals surface area contributed by atoms with E-state index in [2.05, 4.69) is 24.3 Å². The summed E-state index contributed by atoms with van der Waals surface area (Å²) in [4.78, 5) is 44.1. The molecular weight excluding hydrogens is 492 g/mol. The standard InChI is InChI=1S/C31H28N4O4/c1-38-24(36)11-13-30(20-7-3-15-32-26(20)27-21(30)8-4-16-33-27)19-31(14-12-25(37)39-2)22-9-5-17-34-28(22)29-23(31)10-6-18-35-29/h3-10,15-18H,11-14,19H2,1-2H3. The molecular formula is C31H28N4O4. The van der Waals surface area contributed by atoms with Gasteiger partial charge in [0.05, 0.1) is 37.0 Å². The SMILES string of the molecule is COC(=O)CCC1(CC2(CCC(=O)OC)c3cccnc3-c3ncccc32)c2cccnc2-c2ncccc21. The summed E-state index contributed by atoms with van der Waals surface area (Å²) in [5.74, 6) is -0.562. The lowest BCUT2D eigenvalue weighted by Crippen LogP contribution is -2.39. The van der Waals surface area contributed by atoms with Gasteiger partial charge in [-0.15, -0.1) is 0 Å². The van der Waals surface area contributed by atoms with Gasteiger partial charge in [0.1, 0.15) is 0 Å². The first-order valence-electron chi connectivity index (χ1n) is 13.0. The van der Waals surface area contributed by atoms with Gasteiger partial charge < -0.3 is 9.47 Å². The number of pyridine rings is 4. The Balaban J connectivity index is 1.62. The van der Waals surface area contributed by atoms with Gasteiger partial charge in [-0.3, -0.25) is 29.5 Å². The van der Waals surface area contributed by atoms with Crippen molar-refractivity contribution in [1.82, 2.24) is 19.9 Å². The molecule has 6 rings (SSSR count). The van der Waals surface area contributed by atoms with Gasteiger partial charge in [-0.1, -0.05) is 24.3 Å². The van der Waals surface area contributed by atoms with E-state index in [4.69, 9.17) is 29.4 Å². The number of carbonyl (C=O) groups excluding carboxylic acids is 2. The predicted molar refractivity (Wildman–Crippen MR) is 144 cm³/mol. The average Bonchev–Trinajstić information content (AvgIpc) is 3.43. The maximum Gasteiger partial charge on any atom is 0.305 e. The van der Waals surface area contributed by atoms with Gasteiger partial charge in [0.25, 0.3) is 0 Å². The fourth-order valence-electron chi connectivity index (χ4n) is 6.66. The molecule has 0 fully saturated rings. The highest BCUT2D eigenvalue weighted by Gasteiger charge is 2.54. The highest BCUT2D eigenvalue weighted by molar-refractivity contribution is 5.80. The number of hydrogen-bond acceptors (Lipinski definition) is 8. The monoisotopic (exact) mass is 520 g/mol. The molecule has 2 aliphatic rings. The number of carbonyl (C=O) groups is 2. The Morgan fingerprint density at radius 3 is 1.18 bits per heavy atom. The van der Waals surface area contributed by atoms with Crippen molar-refractivity contribution in [3.8, 4) is 22.8 Å². The van der Waals surface area contributed by atoms with Crippen LogP contribution in [0.25, 0.3) is 22.8 Å². The second-order valence-corrected chi connectivity index (χ2v) is 10.1. The van der Waals surface area contributed by atoms with Crippen LogP contribution in [0.2, 0.25) is 0 Å². The number of esters is 2. The van der Waals surface area contributed by atoms with Gasteiger partial charge >= 0.3 is 11.9 Å². The maximum atomic E-state index is 12.6. The number of fused-ring (bicyclic) bond motifs is 6. The minimum absolute atomic E-state index is 0.214. The number of hydrogen-bond donors (Lipinski definition) is 0. The van der Waals surface area contributed by atoms with Crippen LogP contribution in [0, 0.1) is 0 Å². The number of ether oxygens (including phenoxy) is 2. The van der Waals surface area contributed by atoms with Crippen LogP contribution < -0.4 is 0 Å². The third-order valence-corrected chi connectivity index (χ3v) is 8.31. The molecule has 0 aromatic carbocycles. The number of aromatic nitrogens is 4. The molecule has 2 aliphatic carbocycles. The van der Waals surface area contributed by atoms with E-state index in [0.717, 1.165) is 45.0 Å². The van der Waals surface area contributed by atoms with Crippen LogP contribution in [0.3, 0.4) is 0 Å². The predicted octanol–water partition coefficient (Wildman–Crippen LogP) is 4.80. The van der Waals surface area contributed by atoms with Crippen LogP contribution in [0.5, 0.6) is 0 Å². The highest BCUT2D eigenvalue weighted by Crippen LogP contribution is 2.60. The smallest absolute Gasteiger partial charge is 0.305 e. The van der Waals surface area contributed by atoms with Gasteiger partial charge in [-0.2, -0.15) is 0 Å². The van der Waals surface area contributed by atoms with Crippen LogP contribution in [0.1, 0.15) is 54.4 Å². The van der Waals surface area contributed by atoms with E-state index in [1.54, 1.807) is 24.8 Å². The largest absolute Gasteiger partial charge is 0.469 e. The Morgan fingerprint density at radius 2 is 0.897 bits per heavy atom. The van der Waals surface area contributed by atoms with Crippen LogP contribution in [0.15, 0.2) is 73.3 Å². The molecule has 4 heterocycles. The van der Waals surface area contributed by atoms with E-state index in [1.165, 1.54) is 14.2 Å². The van der Waals surface area contributed by atoms with Crippen molar-refractivity contribution >= 4 is 11.9 Å². The van der Waals surface area contributed by atoms with Gasteiger partial charge in [0.2, 0.25) is 0 Å². The topological polar surface area (TPSA) is 104 Å². The molecule has 0 unspecified atom stereocenters. The van der Waals surface area contributed by atoms with Gasteiger partial charge in [0, 0.05) is 48.5 Å². The quantitative estimate of drug-likeness (QED) is 0.305. The van der Waals surface area contributed by atoms with Crippen molar-refractivity contribution in [2.24, 2.45) is 0 Å². The lowest BCUT2D eigenvalue weighted by atomic mass is 9.60. The van der Waals surface area contributed by atoms with E-state index in [1.807, 2.05) is 24.3 Å². The molecule has 4 aromatic heterocycles. The summed E-state index contributed by atoms with van der Waals surface area (Å²) in [6.45, 7) is 0. The summed E-state index contributed by atoms with van der Waals surface area (Å²) in [6.07, 6.45) is 9.05. The molecule has 0 spiro atoms. The molecule has 0 N–H and O–H groups in total. The molecule has 196 valence electrons. The fourth-order valence-corrected chi connectivity index (χ4v) is 6.66. The van der Waals surface area contributed by atoms with Crippen molar-refractivity contribution < 1.29 is 19.1 Å². The van der Waals surface area contributed by atoms with Crippen molar-refractivity contribution in [2.45, 2.75) is 42.9 Å². The summed E-state index contributed by atoms with van der Waals surface area (Å²) in [5, 5.41) is 0. The van der Waals surface area contributed by atoms with Gasteiger partial charge in [-0.05, 0) is 65.8 Å². The molecule has 0 saturated carbocycles. The second-order valence-electron chi connectivity index (χ2n) is 10.1. The van der Waals surface area contributed by atoms with Crippen molar-refractivity contribution in [3.63, 3.8) is 0 Å². The molecule has 0 bridgehead atoms. The fraction of sp³-hybridized carbons (Fsp3) is 0.290. The first-order valence-corrected chi connectivity index (χ1v) is 13.0. The average molecular weight is 521 g/mol. The van der Waals surface area contributed by atoms with Gasteiger partial charge in [0.15, 0.2) is 0 Å². The molecule has 4 aromatic rings. The number of methoxy groups -OCH3 is 2. The van der Waals surface area contributed by atoms with Crippen molar-refractivity contribution in [2.75, 3.05) is 14.2 Å². The summed E-state index contributed by atoms with van der Waals surface area (Å²) in [6, 6.07) is 16.0. The van der Waals surface area contributed by atoms with Crippen LogP contribution >= 0.6 is 0 Å². The third-order valence-electron chi connectivity index (χ3n) is 8.31. The number of rotatable bonds is 8. The molecule has 0 amide bonds. The summed E-state index contributed by atoms with van der Waals surface area (Å²) in [7, 11) is 2.82. The molecule has 8 heteroatoms. The third kappa shape index (κ3) is 3.81. The minimum Gasteiger partial charge on any atom is -0.469 e. The summed E-state index contributed by atoms with van der Waals surface area (Å²) < 4.78 is 10.2. The van der Waals surface area contributed by atoms with E-state index in [0.29, 0.717) is 19.3 Å². The Morgan fingerprint density at radius 1 is 0.590 bits per heavy atom.